The van der Waals surface area contributed by atoms with Crippen LogP contribution in [0, 0.1) is 5.82 Å². The zero-order valence-electron chi connectivity index (χ0n) is 11.8. The van der Waals surface area contributed by atoms with Gasteiger partial charge in [0.05, 0.1) is 5.69 Å². The molecular formula is C16H14FN3O2. The van der Waals surface area contributed by atoms with Gasteiger partial charge in [-0.3, -0.25) is 4.79 Å². The van der Waals surface area contributed by atoms with Gasteiger partial charge in [-0.1, -0.05) is 18.2 Å². The van der Waals surface area contributed by atoms with E-state index in [-0.39, 0.29) is 11.5 Å². The van der Waals surface area contributed by atoms with Crippen molar-refractivity contribution >= 4 is 17.3 Å². The van der Waals surface area contributed by atoms with Crippen molar-refractivity contribution in [1.29, 1.82) is 0 Å². The molecule has 0 heterocycles. The van der Waals surface area contributed by atoms with Crippen LogP contribution in [-0.4, -0.2) is 11.0 Å². The van der Waals surface area contributed by atoms with Crippen LogP contribution in [-0.2, 0) is 4.79 Å². The summed E-state index contributed by atoms with van der Waals surface area (Å²) in [6.07, 6.45) is 0. The fourth-order valence-electron chi connectivity index (χ4n) is 1.61. The number of carbonyl (C=O) groups excluding carboxylic acids is 1. The molecule has 0 bridgehead atoms. The summed E-state index contributed by atoms with van der Waals surface area (Å²) in [5, 5.41) is 19.8. The number of amides is 1. The fraction of sp³-hybridized carbons (Fsp3) is 0.0625. The number of rotatable bonds is 4. The first-order chi connectivity index (χ1) is 10.6. The normalized spacial score (nSPS) is 12.1. The van der Waals surface area contributed by atoms with Crippen LogP contribution in [0.3, 0.4) is 0 Å². The van der Waals surface area contributed by atoms with Crippen LogP contribution in [0.2, 0.25) is 0 Å². The Morgan fingerprint density at radius 3 is 2.32 bits per heavy atom. The van der Waals surface area contributed by atoms with Crippen LogP contribution < -0.4 is 5.32 Å². The summed E-state index contributed by atoms with van der Waals surface area (Å²) < 4.78 is 12.8. The van der Waals surface area contributed by atoms with Gasteiger partial charge >= 0.3 is 0 Å². The number of azo groups is 1. The molecule has 0 aliphatic carbocycles. The SMILES string of the molecule is C/C(O)=C(\N=Nc1ccccc1)C(=O)Nc1ccc(F)cc1. The molecule has 2 aromatic carbocycles. The molecule has 0 saturated heterocycles. The van der Waals surface area contributed by atoms with Gasteiger partial charge in [-0.05, 0) is 43.3 Å². The van der Waals surface area contributed by atoms with E-state index in [0.29, 0.717) is 11.4 Å². The van der Waals surface area contributed by atoms with E-state index < -0.39 is 11.7 Å². The van der Waals surface area contributed by atoms with Gasteiger partial charge in [-0.15, -0.1) is 5.11 Å². The Morgan fingerprint density at radius 2 is 1.73 bits per heavy atom. The largest absolute Gasteiger partial charge is 0.510 e. The number of aliphatic hydroxyl groups is 1. The van der Waals surface area contributed by atoms with Crippen molar-refractivity contribution < 1.29 is 14.3 Å². The van der Waals surface area contributed by atoms with Gasteiger partial charge < -0.3 is 10.4 Å². The molecule has 112 valence electrons. The Kier molecular flexibility index (Phi) is 4.98. The lowest BCUT2D eigenvalue weighted by Crippen LogP contribution is -2.14. The van der Waals surface area contributed by atoms with Crippen molar-refractivity contribution in [3.05, 3.63) is 71.9 Å². The Labute approximate surface area is 126 Å². The van der Waals surface area contributed by atoms with E-state index in [1.807, 2.05) is 6.07 Å². The molecule has 0 saturated carbocycles. The Morgan fingerprint density at radius 1 is 1.09 bits per heavy atom. The van der Waals surface area contributed by atoms with Gasteiger partial charge in [0.15, 0.2) is 5.70 Å². The smallest absolute Gasteiger partial charge is 0.279 e. The third-order valence-corrected chi connectivity index (χ3v) is 2.68. The first-order valence-corrected chi connectivity index (χ1v) is 6.50. The zero-order valence-corrected chi connectivity index (χ0v) is 11.8. The summed E-state index contributed by atoms with van der Waals surface area (Å²) in [4.78, 5) is 12.1. The summed E-state index contributed by atoms with van der Waals surface area (Å²) >= 11 is 0. The molecular weight excluding hydrogens is 285 g/mol. The number of carbonyl (C=O) groups is 1. The maximum absolute atomic E-state index is 12.8. The van der Waals surface area contributed by atoms with Crippen LogP contribution in [0.25, 0.3) is 0 Å². The molecule has 6 heteroatoms. The van der Waals surface area contributed by atoms with E-state index in [1.54, 1.807) is 24.3 Å². The summed E-state index contributed by atoms with van der Waals surface area (Å²) in [5.41, 5.74) is 0.726. The second kappa shape index (κ2) is 7.12. The molecule has 2 rings (SSSR count). The van der Waals surface area contributed by atoms with Crippen molar-refractivity contribution in [1.82, 2.24) is 0 Å². The summed E-state index contributed by atoms with van der Waals surface area (Å²) in [5.74, 6) is -1.30. The average molecular weight is 299 g/mol. The molecule has 1 amide bonds. The van der Waals surface area contributed by atoms with E-state index in [0.717, 1.165) is 0 Å². The number of allylic oxidation sites excluding steroid dienone is 1. The lowest BCUT2D eigenvalue weighted by molar-refractivity contribution is -0.113. The van der Waals surface area contributed by atoms with E-state index >= 15 is 0 Å². The number of benzene rings is 2. The quantitative estimate of drug-likeness (QED) is 0.500. The zero-order chi connectivity index (χ0) is 15.9. The van der Waals surface area contributed by atoms with Gasteiger partial charge in [0.1, 0.15) is 11.6 Å². The second-order valence-corrected chi connectivity index (χ2v) is 4.43. The van der Waals surface area contributed by atoms with Crippen LogP contribution in [0.5, 0.6) is 0 Å². The van der Waals surface area contributed by atoms with Gasteiger partial charge in [0, 0.05) is 5.69 Å². The molecule has 0 aromatic heterocycles. The van der Waals surface area contributed by atoms with Crippen LogP contribution in [0.1, 0.15) is 6.92 Å². The summed E-state index contributed by atoms with van der Waals surface area (Å²) in [6, 6.07) is 14.1. The molecule has 22 heavy (non-hydrogen) atoms. The minimum atomic E-state index is -0.633. The Bertz CT molecular complexity index is 706. The molecule has 0 fully saturated rings. The highest BCUT2D eigenvalue weighted by atomic mass is 19.1. The second-order valence-electron chi connectivity index (χ2n) is 4.43. The lowest BCUT2D eigenvalue weighted by Gasteiger charge is -2.05. The number of anilines is 1. The molecule has 0 aliphatic heterocycles. The molecule has 0 spiro atoms. The van der Waals surface area contributed by atoms with E-state index in [1.165, 1.54) is 31.2 Å². The minimum absolute atomic E-state index is 0.215. The highest BCUT2D eigenvalue weighted by Gasteiger charge is 2.13. The van der Waals surface area contributed by atoms with E-state index in [9.17, 15) is 14.3 Å². The lowest BCUT2D eigenvalue weighted by atomic mass is 10.3. The molecule has 0 aliphatic rings. The number of halogens is 1. The average Bonchev–Trinajstić information content (AvgIpc) is 2.50. The third-order valence-electron chi connectivity index (χ3n) is 2.68. The molecule has 0 unspecified atom stereocenters. The Balaban J connectivity index is 2.15. The highest BCUT2D eigenvalue weighted by molar-refractivity contribution is 6.03. The number of hydrogen-bond donors (Lipinski definition) is 2. The minimum Gasteiger partial charge on any atom is -0.510 e. The first kappa shape index (κ1) is 15.4. The van der Waals surface area contributed by atoms with Gasteiger partial charge in [-0.2, -0.15) is 5.11 Å². The molecule has 2 N–H and O–H groups in total. The maximum Gasteiger partial charge on any atom is 0.279 e. The van der Waals surface area contributed by atoms with Crippen LogP contribution in [0.4, 0.5) is 15.8 Å². The van der Waals surface area contributed by atoms with Crippen molar-refractivity contribution in [2.45, 2.75) is 6.92 Å². The number of nitrogens with zero attached hydrogens (tertiary/aromatic N) is 2. The van der Waals surface area contributed by atoms with Crippen LogP contribution in [0.15, 0.2) is 76.3 Å². The van der Waals surface area contributed by atoms with Gasteiger partial charge in [-0.25, -0.2) is 4.39 Å². The standard InChI is InChI=1S/C16H14FN3O2/c1-11(21)15(20-19-14-5-3-2-4-6-14)16(22)18-13-9-7-12(17)8-10-13/h2-10,21H,1H3,(H,18,22)/b15-11+,20-19?. The monoisotopic (exact) mass is 299 g/mol. The molecule has 0 atom stereocenters. The van der Waals surface area contributed by atoms with Gasteiger partial charge in [0.2, 0.25) is 0 Å². The fourth-order valence-corrected chi connectivity index (χ4v) is 1.61. The summed E-state index contributed by atoms with van der Waals surface area (Å²) in [7, 11) is 0. The number of aliphatic hydroxyl groups excluding tert-OH is 1. The van der Waals surface area contributed by atoms with Crippen molar-refractivity contribution in [2.24, 2.45) is 10.2 Å². The number of nitrogens with one attached hydrogen (secondary N) is 1. The molecule has 5 nitrogen and oxygen atoms in total. The van der Waals surface area contributed by atoms with E-state index in [2.05, 4.69) is 15.5 Å². The van der Waals surface area contributed by atoms with Crippen molar-refractivity contribution in [3.8, 4) is 0 Å². The van der Waals surface area contributed by atoms with E-state index in [4.69, 9.17) is 0 Å². The Hall–Kier alpha value is -3.02. The predicted octanol–water partition coefficient (Wildman–Crippen LogP) is 4.34. The third kappa shape index (κ3) is 4.24. The highest BCUT2D eigenvalue weighted by Crippen LogP contribution is 2.16. The predicted molar refractivity (Wildman–Crippen MR) is 81.3 cm³/mol. The topological polar surface area (TPSA) is 74.0 Å². The molecule has 0 radical (unpaired) electrons. The number of hydrogen-bond acceptors (Lipinski definition) is 4. The summed E-state index contributed by atoms with van der Waals surface area (Å²) in [6.45, 7) is 1.34. The first-order valence-electron chi connectivity index (χ1n) is 6.50. The van der Waals surface area contributed by atoms with Crippen molar-refractivity contribution in [3.63, 3.8) is 0 Å². The van der Waals surface area contributed by atoms with Gasteiger partial charge in [0.25, 0.3) is 5.91 Å². The maximum atomic E-state index is 12.8. The van der Waals surface area contributed by atoms with Crippen molar-refractivity contribution in [2.75, 3.05) is 5.32 Å². The molecule has 2 aromatic rings. The van der Waals surface area contributed by atoms with Crippen LogP contribution >= 0.6 is 0 Å².